The van der Waals surface area contributed by atoms with Crippen LogP contribution >= 0.6 is 0 Å². The topological polar surface area (TPSA) is 63.9 Å². The molecule has 0 saturated carbocycles. The van der Waals surface area contributed by atoms with E-state index in [1.165, 1.54) is 12.4 Å². The predicted octanol–water partition coefficient (Wildman–Crippen LogP) is 1.07. The normalized spacial score (nSPS) is 18.8. The first-order valence-corrected chi connectivity index (χ1v) is 6.30. The van der Waals surface area contributed by atoms with Crippen LogP contribution in [0, 0.1) is 6.92 Å². The van der Waals surface area contributed by atoms with Gasteiger partial charge in [0.05, 0.1) is 18.4 Å². The van der Waals surface area contributed by atoms with Crippen molar-refractivity contribution in [3.05, 3.63) is 42.2 Å². The van der Waals surface area contributed by atoms with Crippen molar-refractivity contribution >= 4 is 5.91 Å². The molecule has 6 nitrogen and oxygen atoms in total. The largest absolute Gasteiger partial charge is 0.335 e. The van der Waals surface area contributed by atoms with Crippen molar-refractivity contribution in [2.45, 2.75) is 19.4 Å². The minimum atomic E-state index is -0.0560. The van der Waals surface area contributed by atoms with Gasteiger partial charge in [0.25, 0.3) is 5.91 Å². The number of likely N-dealkylation sites (tertiary alicyclic amines) is 1. The molecule has 1 saturated heterocycles. The Morgan fingerprint density at radius 3 is 2.95 bits per heavy atom. The van der Waals surface area contributed by atoms with Crippen LogP contribution in [0.1, 0.15) is 28.5 Å². The number of hydrogen-bond donors (Lipinski definition) is 0. The zero-order chi connectivity index (χ0) is 13.2. The van der Waals surface area contributed by atoms with Gasteiger partial charge in [-0.05, 0) is 18.9 Å². The number of hydrogen-bond acceptors (Lipinski definition) is 4. The number of carbonyl (C=O) groups is 1. The third-order valence-electron chi connectivity index (χ3n) is 3.34. The summed E-state index contributed by atoms with van der Waals surface area (Å²) >= 11 is 0. The molecule has 2 aromatic rings. The summed E-state index contributed by atoms with van der Waals surface area (Å²) in [5, 5.41) is 4.32. The van der Waals surface area contributed by atoms with Crippen molar-refractivity contribution in [1.82, 2.24) is 24.6 Å². The van der Waals surface area contributed by atoms with Crippen LogP contribution in [-0.4, -0.2) is 43.6 Å². The Bertz CT molecular complexity index is 580. The quantitative estimate of drug-likeness (QED) is 0.807. The van der Waals surface area contributed by atoms with Crippen molar-refractivity contribution in [3.63, 3.8) is 0 Å². The minimum Gasteiger partial charge on any atom is -0.335 e. The number of carbonyl (C=O) groups excluding carboxylic acids is 1. The number of aryl methyl sites for hydroxylation is 1. The van der Waals surface area contributed by atoms with Crippen LogP contribution in [0.25, 0.3) is 0 Å². The maximum absolute atomic E-state index is 12.2. The molecule has 0 radical (unpaired) electrons. The fourth-order valence-corrected chi connectivity index (χ4v) is 2.35. The maximum Gasteiger partial charge on any atom is 0.274 e. The van der Waals surface area contributed by atoms with Gasteiger partial charge in [-0.2, -0.15) is 5.10 Å². The Labute approximate surface area is 111 Å². The highest BCUT2D eigenvalue weighted by Gasteiger charge is 2.29. The summed E-state index contributed by atoms with van der Waals surface area (Å²) < 4.78 is 1.94. The number of amides is 1. The van der Waals surface area contributed by atoms with E-state index in [-0.39, 0.29) is 11.9 Å². The Morgan fingerprint density at radius 1 is 1.37 bits per heavy atom. The Hall–Kier alpha value is -2.24. The van der Waals surface area contributed by atoms with Crippen molar-refractivity contribution in [2.75, 3.05) is 13.1 Å². The molecule has 98 valence electrons. The van der Waals surface area contributed by atoms with E-state index in [1.807, 2.05) is 28.9 Å². The summed E-state index contributed by atoms with van der Waals surface area (Å²) in [7, 11) is 0. The highest BCUT2D eigenvalue weighted by atomic mass is 16.2. The summed E-state index contributed by atoms with van der Waals surface area (Å²) in [6.07, 6.45) is 9.39. The van der Waals surface area contributed by atoms with Gasteiger partial charge < -0.3 is 4.90 Å². The molecule has 1 aliphatic rings. The first-order chi connectivity index (χ1) is 9.24. The van der Waals surface area contributed by atoms with E-state index < -0.39 is 0 Å². The van der Waals surface area contributed by atoms with E-state index in [0.29, 0.717) is 12.2 Å². The molecule has 1 amide bonds. The van der Waals surface area contributed by atoms with Crippen LogP contribution < -0.4 is 0 Å². The first-order valence-electron chi connectivity index (χ1n) is 6.30. The molecule has 1 aliphatic heterocycles. The molecule has 0 N–H and O–H groups in total. The van der Waals surface area contributed by atoms with Crippen LogP contribution in [0.3, 0.4) is 0 Å². The Balaban J connectivity index is 1.71. The van der Waals surface area contributed by atoms with Gasteiger partial charge in [0.15, 0.2) is 0 Å². The molecule has 19 heavy (non-hydrogen) atoms. The van der Waals surface area contributed by atoms with E-state index in [0.717, 1.165) is 18.5 Å². The van der Waals surface area contributed by atoms with Gasteiger partial charge in [0.1, 0.15) is 5.69 Å². The Kier molecular flexibility index (Phi) is 2.98. The second kappa shape index (κ2) is 4.79. The van der Waals surface area contributed by atoms with Crippen LogP contribution in [0.2, 0.25) is 0 Å². The minimum absolute atomic E-state index is 0.0560. The summed E-state index contributed by atoms with van der Waals surface area (Å²) in [5.41, 5.74) is 1.54. The molecule has 1 unspecified atom stereocenters. The molecule has 3 rings (SSSR count). The van der Waals surface area contributed by atoms with Crippen LogP contribution in [0.15, 0.2) is 31.0 Å². The second-order valence-electron chi connectivity index (χ2n) is 4.78. The highest BCUT2D eigenvalue weighted by Crippen LogP contribution is 2.22. The van der Waals surface area contributed by atoms with Gasteiger partial charge in [-0.15, -0.1) is 0 Å². The fraction of sp³-hybridized carbons (Fsp3) is 0.385. The monoisotopic (exact) mass is 257 g/mol. The fourth-order valence-electron chi connectivity index (χ4n) is 2.35. The standard InChI is InChI=1S/C13H15N5O/c1-10-6-16-18(8-10)11-2-5-17(9-11)13(19)12-7-14-3-4-15-12/h3-4,6-8,11H,2,5,9H2,1H3. The van der Waals surface area contributed by atoms with E-state index in [9.17, 15) is 4.79 Å². The zero-order valence-electron chi connectivity index (χ0n) is 10.7. The van der Waals surface area contributed by atoms with E-state index >= 15 is 0 Å². The summed E-state index contributed by atoms with van der Waals surface area (Å²) in [6.45, 7) is 3.43. The molecule has 0 spiro atoms. The smallest absolute Gasteiger partial charge is 0.274 e. The molecule has 0 aliphatic carbocycles. The molecule has 0 bridgehead atoms. The van der Waals surface area contributed by atoms with E-state index in [1.54, 1.807) is 6.20 Å². The highest BCUT2D eigenvalue weighted by molar-refractivity contribution is 5.92. The van der Waals surface area contributed by atoms with Gasteiger partial charge in [-0.25, -0.2) is 4.98 Å². The number of aromatic nitrogens is 4. The van der Waals surface area contributed by atoms with Gasteiger partial charge >= 0.3 is 0 Å². The lowest BCUT2D eigenvalue weighted by Gasteiger charge is -2.15. The molecule has 2 aromatic heterocycles. The molecule has 6 heteroatoms. The van der Waals surface area contributed by atoms with Crippen LogP contribution in [0.5, 0.6) is 0 Å². The number of rotatable bonds is 2. The maximum atomic E-state index is 12.2. The van der Waals surface area contributed by atoms with Gasteiger partial charge in [0, 0.05) is 31.7 Å². The average Bonchev–Trinajstić information content (AvgIpc) is 3.07. The van der Waals surface area contributed by atoms with Gasteiger partial charge in [0.2, 0.25) is 0 Å². The lowest BCUT2D eigenvalue weighted by atomic mass is 10.3. The van der Waals surface area contributed by atoms with Gasteiger partial charge in [-0.3, -0.25) is 14.5 Å². The van der Waals surface area contributed by atoms with Crippen molar-refractivity contribution in [3.8, 4) is 0 Å². The van der Waals surface area contributed by atoms with Crippen LogP contribution in [-0.2, 0) is 0 Å². The second-order valence-corrected chi connectivity index (χ2v) is 4.78. The molecule has 1 atom stereocenters. The zero-order valence-corrected chi connectivity index (χ0v) is 10.7. The first kappa shape index (κ1) is 11.8. The molecule has 3 heterocycles. The predicted molar refractivity (Wildman–Crippen MR) is 68.6 cm³/mol. The lowest BCUT2D eigenvalue weighted by Crippen LogP contribution is -2.29. The van der Waals surface area contributed by atoms with Crippen LogP contribution in [0.4, 0.5) is 0 Å². The lowest BCUT2D eigenvalue weighted by molar-refractivity contribution is 0.0781. The number of nitrogens with zero attached hydrogens (tertiary/aromatic N) is 5. The SMILES string of the molecule is Cc1cnn(C2CCN(C(=O)c3cnccn3)C2)c1. The average molecular weight is 257 g/mol. The molecule has 0 aromatic carbocycles. The van der Waals surface area contributed by atoms with E-state index in [4.69, 9.17) is 0 Å². The third kappa shape index (κ3) is 2.33. The summed E-state index contributed by atoms with van der Waals surface area (Å²) in [4.78, 5) is 22.0. The Morgan fingerprint density at radius 2 is 2.26 bits per heavy atom. The molecular formula is C13H15N5O. The van der Waals surface area contributed by atoms with Crippen molar-refractivity contribution in [1.29, 1.82) is 0 Å². The van der Waals surface area contributed by atoms with E-state index in [2.05, 4.69) is 15.1 Å². The van der Waals surface area contributed by atoms with Crippen molar-refractivity contribution < 1.29 is 4.79 Å². The van der Waals surface area contributed by atoms with Crippen molar-refractivity contribution in [2.24, 2.45) is 0 Å². The summed E-state index contributed by atoms with van der Waals surface area (Å²) in [6, 6.07) is 0.259. The molecule has 1 fully saturated rings. The third-order valence-corrected chi connectivity index (χ3v) is 3.34. The molecular weight excluding hydrogens is 242 g/mol. The summed E-state index contributed by atoms with van der Waals surface area (Å²) in [5.74, 6) is -0.0560. The van der Waals surface area contributed by atoms with Gasteiger partial charge in [-0.1, -0.05) is 0 Å².